The molecule has 0 spiro atoms. The highest BCUT2D eigenvalue weighted by Gasteiger charge is 2.04. The van der Waals surface area contributed by atoms with E-state index in [0.717, 1.165) is 38.5 Å². The van der Waals surface area contributed by atoms with Gasteiger partial charge < -0.3 is 5.11 Å². The first-order valence-electron chi connectivity index (χ1n) is 11.6. The molecule has 2 N–H and O–H groups in total. The molecular weight excluding hydrogens is 360 g/mol. The number of rotatable bonds is 21. The van der Waals surface area contributed by atoms with Gasteiger partial charge in [-0.05, 0) is 19.3 Å². The van der Waals surface area contributed by atoms with Crippen LogP contribution in [0.3, 0.4) is 0 Å². The van der Waals surface area contributed by atoms with Crippen molar-refractivity contribution in [2.24, 2.45) is 0 Å². The minimum Gasteiger partial charge on any atom is -0.393 e. The third-order valence-corrected chi connectivity index (χ3v) is 6.14. The lowest BCUT2D eigenvalue weighted by Crippen LogP contribution is -2.05. The lowest BCUT2D eigenvalue weighted by molar-refractivity contribution is 0.147. The van der Waals surface area contributed by atoms with Crippen LogP contribution in [0.25, 0.3) is 0 Å². The molecule has 0 aliphatic heterocycles. The second-order valence-electron chi connectivity index (χ2n) is 8.17. The van der Waals surface area contributed by atoms with Gasteiger partial charge in [0, 0.05) is 0 Å². The maximum Gasteiger partial charge on any atom is 0.264 e. The summed E-state index contributed by atoms with van der Waals surface area (Å²) in [6, 6.07) is 0. The monoisotopic (exact) mass is 406 g/mol. The maximum atomic E-state index is 10.6. The van der Waals surface area contributed by atoms with Gasteiger partial charge in [-0.15, -0.1) is 0 Å². The fourth-order valence-corrected chi connectivity index (χ4v) is 4.13. The van der Waals surface area contributed by atoms with E-state index in [4.69, 9.17) is 4.55 Å². The Hall–Kier alpha value is -0.130. The van der Waals surface area contributed by atoms with Crippen molar-refractivity contribution in [3.8, 4) is 0 Å². The molecule has 0 saturated heterocycles. The van der Waals surface area contributed by atoms with E-state index in [-0.39, 0.29) is 11.9 Å². The van der Waals surface area contributed by atoms with Crippen molar-refractivity contribution in [1.29, 1.82) is 0 Å². The quantitative estimate of drug-likeness (QED) is 0.165. The third kappa shape index (κ3) is 23.8. The first-order chi connectivity index (χ1) is 13.0. The lowest BCUT2D eigenvalue weighted by Gasteiger charge is -2.10. The van der Waals surface area contributed by atoms with E-state index in [1.807, 2.05) is 0 Å². The van der Waals surface area contributed by atoms with Crippen LogP contribution in [-0.4, -0.2) is 29.9 Å². The highest BCUT2D eigenvalue weighted by Crippen LogP contribution is 2.15. The second kappa shape index (κ2) is 19.2. The van der Waals surface area contributed by atoms with Crippen LogP contribution in [-0.2, 0) is 10.1 Å². The van der Waals surface area contributed by atoms with E-state index in [0.29, 0.717) is 6.42 Å². The topological polar surface area (TPSA) is 74.6 Å². The van der Waals surface area contributed by atoms with Crippen molar-refractivity contribution < 1.29 is 18.1 Å². The molecule has 5 heteroatoms. The zero-order chi connectivity index (χ0) is 20.2. The highest BCUT2D eigenvalue weighted by molar-refractivity contribution is 7.85. The number of hydrogen-bond acceptors (Lipinski definition) is 3. The van der Waals surface area contributed by atoms with Crippen LogP contribution in [0.5, 0.6) is 0 Å². The summed E-state index contributed by atoms with van der Waals surface area (Å²) in [5.41, 5.74) is 0. The SMILES string of the molecule is CCCCCCCCCCC(O)CCCCCCCCCCCS(=O)(=O)O. The summed E-state index contributed by atoms with van der Waals surface area (Å²) in [5, 5.41) is 10.0. The predicted octanol–water partition coefficient (Wildman–Crippen LogP) is 6.67. The third-order valence-electron chi connectivity index (χ3n) is 5.33. The zero-order valence-corrected chi connectivity index (χ0v) is 18.7. The molecule has 0 fully saturated rings. The maximum absolute atomic E-state index is 10.6. The molecule has 0 saturated carbocycles. The molecule has 0 radical (unpaired) electrons. The molecule has 0 bridgehead atoms. The summed E-state index contributed by atoms with van der Waals surface area (Å²) in [5.74, 6) is -0.103. The van der Waals surface area contributed by atoms with Crippen molar-refractivity contribution in [3.63, 3.8) is 0 Å². The van der Waals surface area contributed by atoms with Crippen molar-refractivity contribution in [3.05, 3.63) is 0 Å². The van der Waals surface area contributed by atoms with E-state index >= 15 is 0 Å². The molecule has 0 amide bonds. The highest BCUT2D eigenvalue weighted by atomic mass is 32.2. The second-order valence-corrected chi connectivity index (χ2v) is 9.75. The predicted molar refractivity (Wildman–Crippen MR) is 116 cm³/mol. The Kier molecular flexibility index (Phi) is 19.1. The van der Waals surface area contributed by atoms with Gasteiger partial charge in [0.05, 0.1) is 11.9 Å². The summed E-state index contributed by atoms with van der Waals surface area (Å²) in [6.45, 7) is 2.25. The zero-order valence-electron chi connectivity index (χ0n) is 17.8. The van der Waals surface area contributed by atoms with Crippen molar-refractivity contribution >= 4 is 10.1 Å². The van der Waals surface area contributed by atoms with Gasteiger partial charge in [0.2, 0.25) is 0 Å². The first-order valence-corrected chi connectivity index (χ1v) is 13.2. The van der Waals surface area contributed by atoms with Crippen LogP contribution in [0, 0.1) is 0 Å². The molecule has 0 rings (SSSR count). The Morgan fingerprint density at radius 2 is 0.926 bits per heavy atom. The van der Waals surface area contributed by atoms with E-state index in [9.17, 15) is 13.5 Å². The molecular formula is C22H46O4S. The smallest absolute Gasteiger partial charge is 0.264 e. The van der Waals surface area contributed by atoms with Gasteiger partial charge in [0.25, 0.3) is 10.1 Å². The number of unbranched alkanes of at least 4 members (excludes halogenated alkanes) is 15. The fourth-order valence-electron chi connectivity index (χ4n) is 3.56. The van der Waals surface area contributed by atoms with E-state index < -0.39 is 10.1 Å². The Morgan fingerprint density at radius 3 is 1.30 bits per heavy atom. The summed E-state index contributed by atoms with van der Waals surface area (Å²) >= 11 is 0. The van der Waals surface area contributed by atoms with Crippen LogP contribution in [0.4, 0.5) is 0 Å². The minimum absolute atomic E-state index is 0.103. The van der Waals surface area contributed by atoms with E-state index in [2.05, 4.69) is 6.92 Å². The van der Waals surface area contributed by atoms with Gasteiger partial charge in [0.15, 0.2) is 0 Å². The Labute approximate surface area is 169 Å². The summed E-state index contributed by atoms with van der Waals surface area (Å²) in [6.07, 6.45) is 22.0. The summed E-state index contributed by atoms with van der Waals surface area (Å²) in [7, 11) is -3.77. The molecule has 4 nitrogen and oxygen atoms in total. The van der Waals surface area contributed by atoms with Crippen LogP contribution in [0.1, 0.15) is 129 Å². The molecule has 1 unspecified atom stereocenters. The van der Waals surface area contributed by atoms with E-state index in [1.54, 1.807) is 0 Å². The summed E-state index contributed by atoms with van der Waals surface area (Å²) < 4.78 is 29.8. The van der Waals surface area contributed by atoms with Gasteiger partial charge in [-0.25, -0.2) is 0 Å². The largest absolute Gasteiger partial charge is 0.393 e. The van der Waals surface area contributed by atoms with E-state index in [1.165, 1.54) is 77.0 Å². The molecule has 0 aliphatic carbocycles. The normalized spacial score (nSPS) is 13.1. The van der Waals surface area contributed by atoms with Gasteiger partial charge >= 0.3 is 0 Å². The number of aliphatic hydroxyl groups is 1. The average Bonchev–Trinajstić information content (AvgIpc) is 2.61. The number of hydrogen-bond donors (Lipinski definition) is 2. The standard InChI is InChI=1S/C22H46O4S/c1-2-3-4-5-6-10-13-16-19-22(23)20-17-14-11-8-7-9-12-15-18-21-27(24,25)26/h22-23H,2-21H2,1H3,(H,24,25,26). The number of aliphatic hydroxyl groups excluding tert-OH is 1. The van der Waals surface area contributed by atoms with Crippen LogP contribution in [0.15, 0.2) is 0 Å². The van der Waals surface area contributed by atoms with Crippen LogP contribution < -0.4 is 0 Å². The van der Waals surface area contributed by atoms with Crippen LogP contribution in [0.2, 0.25) is 0 Å². The van der Waals surface area contributed by atoms with Gasteiger partial charge in [0.1, 0.15) is 0 Å². The molecule has 0 aromatic rings. The molecule has 0 aromatic carbocycles. The Balaban J connectivity index is 3.19. The lowest BCUT2D eigenvalue weighted by atomic mass is 10.0. The van der Waals surface area contributed by atoms with Crippen molar-refractivity contribution in [2.75, 3.05) is 5.75 Å². The molecule has 0 aromatic heterocycles. The van der Waals surface area contributed by atoms with Gasteiger partial charge in [-0.2, -0.15) is 8.42 Å². The van der Waals surface area contributed by atoms with Crippen LogP contribution >= 0.6 is 0 Å². The summed E-state index contributed by atoms with van der Waals surface area (Å²) in [4.78, 5) is 0. The Morgan fingerprint density at radius 1 is 0.593 bits per heavy atom. The van der Waals surface area contributed by atoms with Crippen molar-refractivity contribution in [1.82, 2.24) is 0 Å². The average molecular weight is 407 g/mol. The molecule has 27 heavy (non-hydrogen) atoms. The fraction of sp³-hybridized carbons (Fsp3) is 1.00. The van der Waals surface area contributed by atoms with Crippen molar-refractivity contribution in [2.45, 2.75) is 135 Å². The molecule has 164 valence electrons. The first kappa shape index (κ1) is 26.9. The molecule has 0 heterocycles. The van der Waals surface area contributed by atoms with Gasteiger partial charge in [-0.1, -0.05) is 110 Å². The Bertz CT molecular complexity index is 395. The molecule has 1 atom stereocenters. The molecule has 0 aliphatic rings. The minimum atomic E-state index is -3.77. The van der Waals surface area contributed by atoms with Gasteiger partial charge in [-0.3, -0.25) is 4.55 Å².